The van der Waals surface area contributed by atoms with Gasteiger partial charge < -0.3 is 0 Å². The molecule has 1 aliphatic heterocycles. The number of benzene rings is 3. The molecule has 1 aromatic heterocycles. The predicted octanol–water partition coefficient (Wildman–Crippen LogP) is 5.31. The van der Waals surface area contributed by atoms with Crippen LogP contribution in [0.1, 0.15) is 5.82 Å². The Hall–Kier alpha value is -2.30. The third kappa shape index (κ3) is 4.27. The van der Waals surface area contributed by atoms with Crippen molar-refractivity contribution in [3.63, 3.8) is 0 Å². The quantitative estimate of drug-likeness (QED) is 0.239. The molecular weight excluding hydrogens is 529 g/mol. The van der Waals surface area contributed by atoms with Crippen molar-refractivity contribution in [2.24, 2.45) is 0 Å². The molecule has 0 radical (unpaired) electrons. The number of halogens is 2. The van der Waals surface area contributed by atoms with E-state index in [-0.39, 0.29) is 0 Å². The Morgan fingerprint density at radius 2 is 1.24 bits per heavy atom. The Morgan fingerprint density at radius 3 is 1.71 bits per heavy atom. The van der Waals surface area contributed by atoms with E-state index in [0.717, 1.165) is 24.7 Å². The van der Waals surface area contributed by atoms with E-state index in [4.69, 9.17) is 26.3 Å². The summed E-state index contributed by atoms with van der Waals surface area (Å²) < 4.78 is 5.53. The molecule has 0 N–H and O–H groups in total. The van der Waals surface area contributed by atoms with E-state index < -0.39 is 5.31 Å². The second-order valence-electron chi connectivity index (χ2n) is 8.41. The molecular formula is C27H26BrClN3OP. The second kappa shape index (κ2) is 9.75. The number of rotatable bonds is 6. The van der Waals surface area contributed by atoms with Gasteiger partial charge >= 0.3 is 214 Å². The Labute approximate surface area is 213 Å². The van der Waals surface area contributed by atoms with Crippen LogP contribution in [0.3, 0.4) is 0 Å². The van der Waals surface area contributed by atoms with Crippen LogP contribution in [0.5, 0.6) is 0 Å². The standard InChI is InChI=1S/C27H26BrClN3OP/c28-34(22-10-4-1-5-11-22,23-12-6-2-7-13-23,24-14-8-3-9-15-24)21-26-30-25(29)20-27(31-26)32-16-18-33-19-17-32/h1-15,20H,16-19,21H2. The van der Waals surface area contributed by atoms with Gasteiger partial charge in [0.25, 0.3) is 0 Å². The zero-order valence-electron chi connectivity index (χ0n) is 18.7. The summed E-state index contributed by atoms with van der Waals surface area (Å²) in [5.74, 6) is 1.57. The molecule has 0 saturated carbocycles. The van der Waals surface area contributed by atoms with Crippen molar-refractivity contribution in [1.82, 2.24) is 9.97 Å². The van der Waals surface area contributed by atoms with Gasteiger partial charge in [0.05, 0.1) is 0 Å². The molecule has 1 saturated heterocycles. The number of morpholine rings is 1. The van der Waals surface area contributed by atoms with Crippen LogP contribution in [0.4, 0.5) is 5.82 Å². The molecule has 0 amide bonds. The van der Waals surface area contributed by atoms with E-state index >= 15 is 0 Å². The summed E-state index contributed by atoms with van der Waals surface area (Å²) in [6, 6.07) is 33.9. The Morgan fingerprint density at radius 1 is 0.765 bits per heavy atom. The number of aromatic nitrogens is 2. The number of hydrogen-bond donors (Lipinski definition) is 0. The maximum atomic E-state index is 6.57. The van der Waals surface area contributed by atoms with Crippen molar-refractivity contribution in [2.75, 3.05) is 31.2 Å². The molecule has 2 heterocycles. The maximum absolute atomic E-state index is 6.57. The fraction of sp³-hybridized carbons (Fsp3) is 0.185. The first kappa shape index (κ1) is 23.4. The van der Waals surface area contributed by atoms with Crippen LogP contribution in [-0.4, -0.2) is 36.3 Å². The zero-order chi connectivity index (χ0) is 23.5. The average Bonchev–Trinajstić information content (AvgIpc) is 2.90. The average molecular weight is 555 g/mol. The molecule has 0 unspecified atom stereocenters. The van der Waals surface area contributed by atoms with Gasteiger partial charge in [0.1, 0.15) is 0 Å². The van der Waals surface area contributed by atoms with Crippen LogP contribution in [0, 0.1) is 0 Å². The van der Waals surface area contributed by atoms with Crippen molar-refractivity contribution >= 4 is 54.1 Å². The van der Waals surface area contributed by atoms with Gasteiger partial charge in [-0.25, -0.2) is 0 Å². The molecule has 1 fully saturated rings. The molecule has 4 aromatic rings. The van der Waals surface area contributed by atoms with Crippen molar-refractivity contribution in [1.29, 1.82) is 0 Å². The van der Waals surface area contributed by atoms with Gasteiger partial charge in [-0.15, -0.1) is 0 Å². The van der Waals surface area contributed by atoms with Gasteiger partial charge in [-0.1, -0.05) is 0 Å². The van der Waals surface area contributed by atoms with E-state index in [0.29, 0.717) is 24.5 Å². The number of ether oxygens (including phenoxy) is 1. The summed E-state index contributed by atoms with van der Waals surface area (Å²) in [6.07, 6.45) is 0.599. The molecule has 34 heavy (non-hydrogen) atoms. The van der Waals surface area contributed by atoms with Crippen molar-refractivity contribution in [3.05, 3.63) is 108 Å². The molecule has 5 rings (SSSR count). The fourth-order valence-electron chi connectivity index (χ4n) is 4.68. The van der Waals surface area contributed by atoms with Gasteiger partial charge in [0, 0.05) is 0 Å². The van der Waals surface area contributed by atoms with Crippen LogP contribution < -0.4 is 20.8 Å². The van der Waals surface area contributed by atoms with Crippen molar-refractivity contribution < 1.29 is 4.74 Å². The van der Waals surface area contributed by atoms with Gasteiger partial charge in [-0.3, -0.25) is 0 Å². The first-order valence-corrected chi connectivity index (χ1v) is 16.2. The van der Waals surface area contributed by atoms with Gasteiger partial charge in [0.2, 0.25) is 0 Å². The molecule has 4 nitrogen and oxygen atoms in total. The summed E-state index contributed by atoms with van der Waals surface area (Å²) in [5.41, 5.74) is 0. The van der Waals surface area contributed by atoms with Gasteiger partial charge in [-0.2, -0.15) is 0 Å². The Kier molecular flexibility index (Phi) is 6.72. The molecule has 3 aromatic carbocycles. The summed E-state index contributed by atoms with van der Waals surface area (Å²) in [6.45, 7) is 2.96. The zero-order valence-corrected chi connectivity index (χ0v) is 22.0. The monoisotopic (exact) mass is 553 g/mol. The van der Waals surface area contributed by atoms with E-state index in [1.807, 2.05) is 6.07 Å². The summed E-state index contributed by atoms with van der Waals surface area (Å²) in [5, 5.41) is 0.935. The predicted molar refractivity (Wildman–Crippen MR) is 148 cm³/mol. The summed E-state index contributed by atoms with van der Waals surface area (Å²) in [4.78, 5) is 12.0. The molecule has 0 aliphatic carbocycles. The molecule has 0 atom stereocenters. The van der Waals surface area contributed by atoms with Crippen LogP contribution in [0.2, 0.25) is 5.15 Å². The van der Waals surface area contributed by atoms with Crippen LogP contribution >= 0.6 is 32.4 Å². The normalized spacial score (nSPS) is 15.5. The van der Waals surface area contributed by atoms with Crippen LogP contribution in [0.25, 0.3) is 0 Å². The van der Waals surface area contributed by atoms with Crippen molar-refractivity contribution in [2.45, 2.75) is 6.16 Å². The number of hydrogen-bond acceptors (Lipinski definition) is 4. The van der Waals surface area contributed by atoms with Crippen LogP contribution in [-0.2, 0) is 10.9 Å². The van der Waals surface area contributed by atoms with Crippen LogP contribution in [0.15, 0.2) is 97.1 Å². The van der Waals surface area contributed by atoms with E-state index in [1.54, 1.807) is 0 Å². The Balaban J connectivity index is 1.74. The van der Waals surface area contributed by atoms with Gasteiger partial charge in [-0.05, 0) is 0 Å². The summed E-state index contributed by atoms with van der Waals surface area (Å²) >= 11 is 11.0. The van der Waals surface area contributed by atoms with E-state index in [2.05, 4.69) is 111 Å². The first-order valence-electron chi connectivity index (χ1n) is 11.3. The number of anilines is 1. The molecule has 174 valence electrons. The third-order valence-corrected chi connectivity index (χ3v) is 16.0. The molecule has 1 aliphatic rings. The fourth-order valence-corrected chi connectivity index (χ4v) is 12.2. The third-order valence-electron chi connectivity index (χ3n) is 6.38. The Bertz CT molecular complexity index is 1160. The SMILES string of the molecule is Clc1cc(N2CCOCC2)nc(CP(Br)(c2ccccc2)(c2ccccc2)c2ccccc2)n1. The van der Waals surface area contributed by atoms with E-state index in [1.165, 1.54) is 15.9 Å². The van der Waals surface area contributed by atoms with Crippen molar-refractivity contribution in [3.8, 4) is 0 Å². The first-order chi connectivity index (χ1) is 16.6. The molecule has 7 heteroatoms. The van der Waals surface area contributed by atoms with E-state index in [9.17, 15) is 0 Å². The minimum atomic E-state index is -3.20. The second-order valence-corrected chi connectivity index (χ2v) is 17.7. The van der Waals surface area contributed by atoms with Gasteiger partial charge in [0.15, 0.2) is 0 Å². The number of nitrogens with zero attached hydrogens (tertiary/aromatic N) is 3. The minimum absolute atomic E-state index is 0.457. The molecule has 0 bridgehead atoms. The topological polar surface area (TPSA) is 38.2 Å². The molecule has 0 spiro atoms. The summed E-state index contributed by atoms with van der Waals surface area (Å²) in [7, 11) is 0.